The lowest BCUT2D eigenvalue weighted by atomic mass is 10.5. The van der Waals surface area contributed by atoms with Gasteiger partial charge in [-0.25, -0.2) is 0 Å². The quantitative estimate of drug-likeness (QED) is 0.590. The van der Waals surface area contributed by atoms with E-state index < -0.39 is 0 Å². The SMILES string of the molecule is CCOn1ccccc1=O. The Bertz CT molecular complexity index is 254. The number of hydrogen-bond donors (Lipinski definition) is 0. The number of aromatic nitrogens is 1. The van der Waals surface area contributed by atoms with E-state index >= 15 is 0 Å². The van der Waals surface area contributed by atoms with E-state index in [1.165, 1.54) is 10.8 Å². The van der Waals surface area contributed by atoms with Crippen molar-refractivity contribution in [3.63, 3.8) is 0 Å². The average Bonchev–Trinajstić information content (AvgIpc) is 1.94. The van der Waals surface area contributed by atoms with Crippen molar-refractivity contribution in [2.45, 2.75) is 6.92 Å². The Morgan fingerprint density at radius 1 is 1.60 bits per heavy atom. The van der Waals surface area contributed by atoms with Gasteiger partial charge < -0.3 is 4.84 Å². The molecule has 0 radical (unpaired) electrons. The molecule has 0 saturated carbocycles. The number of rotatable bonds is 2. The highest BCUT2D eigenvalue weighted by Gasteiger charge is 1.88. The molecule has 1 rings (SSSR count). The third-order valence-corrected chi connectivity index (χ3v) is 1.06. The van der Waals surface area contributed by atoms with Crippen LogP contribution >= 0.6 is 0 Å². The summed E-state index contributed by atoms with van der Waals surface area (Å²) in [4.78, 5) is 15.8. The molecule has 0 spiro atoms. The molecule has 0 atom stereocenters. The van der Waals surface area contributed by atoms with Crippen molar-refractivity contribution in [2.75, 3.05) is 6.61 Å². The fourth-order valence-corrected chi connectivity index (χ4v) is 0.658. The first-order chi connectivity index (χ1) is 4.84. The fourth-order valence-electron chi connectivity index (χ4n) is 0.658. The van der Waals surface area contributed by atoms with Gasteiger partial charge in [0.05, 0.1) is 0 Å². The van der Waals surface area contributed by atoms with E-state index in [1.54, 1.807) is 18.3 Å². The van der Waals surface area contributed by atoms with Crippen molar-refractivity contribution in [1.29, 1.82) is 0 Å². The molecule has 1 aromatic rings. The maximum Gasteiger partial charge on any atom is 0.282 e. The highest BCUT2D eigenvalue weighted by atomic mass is 16.7. The van der Waals surface area contributed by atoms with Gasteiger partial charge in [-0.15, -0.1) is 0 Å². The monoisotopic (exact) mass is 139 g/mol. The summed E-state index contributed by atoms with van der Waals surface area (Å²) in [5.41, 5.74) is -0.135. The van der Waals surface area contributed by atoms with Crippen molar-refractivity contribution in [2.24, 2.45) is 0 Å². The third kappa shape index (κ3) is 1.37. The van der Waals surface area contributed by atoms with Crippen LogP contribution in [0.15, 0.2) is 29.2 Å². The lowest BCUT2D eigenvalue weighted by Crippen LogP contribution is -2.24. The van der Waals surface area contributed by atoms with Crippen molar-refractivity contribution < 1.29 is 4.84 Å². The minimum atomic E-state index is -0.135. The van der Waals surface area contributed by atoms with E-state index in [0.717, 1.165) is 0 Å². The van der Waals surface area contributed by atoms with Crippen molar-refractivity contribution >= 4 is 0 Å². The van der Waals surface area contributed by atoms with E-state index in [4.69, 9.17) is 4.84 Å². The predicted octanol–water partition coefficient (Wildman–Crippen LogP) is 0.297. The smallest absolute Gasteiger partial charge is 0.282 e. The zero-order chi connectivity index (χ0) is 7.40. The molecule has 0 N–H and O–H groups in total. The second-order valence-corrected chi connectivity index (χ2v) is 1.78. The van der Waals surface area contributed by atoms with Crippen molar-refractivity contribution in [3.05, 3.63) is 34.7 Å². The van der Waals surface area contributed by atoms with Gasteiger partial charge in [0.25, 0.3) is 5.56 Å². The molecule has 0 saturated heterocycles. The molecule has 0 unspecified atom stereocenters. The standard InChI is InChI=1S/C7H9NO2/c1-2-10-8-6-4-3-5-7(8)9/h3-6H,2H2,1H3. The zero-order valence-corrected chi connectivity index (χ0v) is 5.78. The number of nitrogens with zero attached hydrogens (tertiary/aromatic N) is 1. The predicted molar refractivity (Wildman–Crippen MR) is 37.8 cm³/mol. The molecule has 0 amide bonds. The molecular formula is C7H9NO2. The summed E-state index contributed by atoms with van der Waals surface area (Å²) in [5, 5.41) is 0. The van der Waals surface area contributed by atoms with Crippen molar-refractivity contribution in [1.82, 2.24) is 4.73 Å². The summed E-state index contributed by atoms with van der Waals surface area (Å²) in [7, 11) is 0. The zero-order valence-electron chi connectivity index (χ0n) is 5.78. The molecule has 3 nitrogen and oxygen atoms in total. The molecular weight excluding hydrogens is 130 g/mol. The molecule has 0 aliphatic carbocycles. The van der Waals surface area contributed by atoms with Gasteiger partial charge in [0, 0.05) is 12.3 Å². The summed E-state index contributed by atoms with van der Waals surface area (Å²) in [6.07, 6.45) is 1.59. The average molecular weight is 139 g/mol. The molecule has 0 aliphatic heterocycles. The van der Waals surface area contributed by atoms with E-state index in [-0.39, 0.29) is 5.56 Å². The first kappa shape index (κ1) is 6.86. The van der Waals surface area contributed by atoms with Crippen LogP contribution in [0.2, 0.25) is 0 Å². The minimum Gasteiger partial charge on any atom is -0.411 e. The minimum absolute atomic E-state index is 0.135. The van der Waals surface area contributed by atoms with E-state index in [9.17, 15) is 4.79 Å². The molecule has 10 heavy (non-hydrogen) atoms. The fraction of sp³-hybridized carbons (Fsp3) is 0.286. The Morgan fingerprint density at radius 3 is 3.00 bits per heavy atom. The second kappa shape index (κ2) is 3.06. The molecule has 0 aliphatic rings. The summed E-state index contributed by atoms with van der Waals surface area (Å²) in [6.45, 7) is 2.34. The molecule has 1 aromatic heterocycles. The number of hydrogen-bond acceptors (Lipinski definition) is 2. The topological polar surface area (TPSA) is 31.2 Å². The van der Waals surface area contributed by atoms with Gasteiger partial charge in [0.15, 0.2) is 0 Å². The Kier molecular flexibility index (Phi) is 2.10. The Hall–Kier alpha value is -1.25. The summed E-state index contributed by atoms with van der Waals surface area (Å²) >= 11 is 0. The molecule has 54 valence electrons. The van der Waals surface area contributed by atoms with E-state index in [0.29, 0.717) is 6.61 Å². The molecule has 1 heterocycles. The van der Waals surface area contributed by atoms with Gasteiger partial charge in [-0.3, -0.25) is 4.79 Å². The van der Waals surface area contributed by atoms with Crippen molar-refractivity contribution in [3.8, 4) is 0 Å². The lowest BCUT2D eigenvalue weighted by Gasteiger charge is -2.02. The molecule has 0 fully saturated rings. The van der Waals surface area contributed by atoms with Crippen LogP contribution in [-0.4, -0.2) is 11.3 Å². The maximum absolute atomic E-state index is 10.8. The second-order valence-electron chi connectivity index (χ2n) is 1.78. The van der Waals surface area contributed by atoms with E-state index in [1.807, 2.05) is 6.92 Å². The Balaban J connectivity index is 2.92. The van der Waals surface area contributed by atoms with Gasteiger partial charge in [0.2, 0.25) is 0 Å². The highest BCUT2D eigenvalue weighted by Crippen LogP contribution is 1.76. The normalized spacial score (nSPS) is 9.30. The summed E-state index contributed by atoms with van der Waals surface area (Å²) in [6, 6.07) is 4.88. The van der Waals surface area contributed by atoms with Crippen LogP contribution in [0.5, 0.6) is 0 Å². The molecule has 0 aromatic carbocycles. The van der Waals surface area contributed by atoms with Gasteiger partial charge >= 0.3 is 0 Å². The summed E-state index contributed by atoms with van der Waals surface area (Å²) < 4.78 is 1.21. The van der Waals surface area contributed by atoms with Gasteiger partial charge in [0.1, 0.15) is 6.61 Å². The van der Waals surface area contributed by atoms with Crippen LogP contribution in [0.1, 0.15) is 6.92 Å². The van der Waals surface area contributed by atoms with E-state index in [2.05, 4.69) is 0 Å². The number of pyridine rings is 1. The Morgan fingerprint density at radius 2 is 2.40 bits per heavy atom. The van der Waals surface area contributed by atoms with Crippen LogP contribution in [0.25, 0.3) is 0 Å². The van der Waals surface area contributed by atoms with Crippen LogP contribution in [0.4, 0.5) is 0 Å². The lowest BCUT2D eigenvalue weighted by molar-refractivity contribution is 0.113. The molecule has 0 bridgehead atoms. The van der Waals surface area contributed by atoms with Gasteiger partial charge in [-0.05, 0) is 13.0 Å². The van der Waals surface area contributed by atoms with Crippen LogP contribution in [0, 0.1) is 0 Å². The highest BCUT2D eigenvalue weighted by molar-refractivity contribution is 4.91. The van der Waals surface area contributed by atoms with Crippen LogP contribution in [0.3, 0.4) is 0 Å². The molecule has 3 heteroatoms. The van der Waals surface area contributed by atoms with Gasteiger partial charge in [-0.2, -0.15) is 4.73 Å². The first-order valence-corrected chi connectivity index (χ1v) is 3.15. The summed E-state index contributed by atoms with van der Waals surface area (Å²) in [5.74, 6) is 0. The largest absolute Gasteiger partial charge is 0.411 e. The van der Waals surface area contributed by atoms with Crippen LogP contribution in [-0.2, 0) is 0 Å². The third-order valence-electron chi connectivity index (χ3n) is 1.06. The van der Waals surface area contributed by atoms with Gasteiger partial charge in [-0.1, -0.05) is 6.07 Å². The van der Waals surface area contributed by atoms with Crippen LogP contribution < -0.4 is 10.4 Å². The first-order valence-electron chi connectivity index (χ1n) is 3.15. The Labute approximate surface area is 58.8 Å². The maximum atomic E-state index is 10.8.